The van der Waals surface area contributed by atoms with Crippen LogP contribution in [0.1, 0.15) is 30.9 Å². The van der Waals surface area contributed by atoms with Crippen LogP contribution in [-0.4, -0.2) is 6.21 Å². The van der Waals surface area contributed by atoms with E-state index in [-0.39, 0.29) is 0 Å². The van der Waals surface area contributed by atoms with Crippen molar-refractivity contribution in [2.24, 2.45) is 0 Å². The lowest BCUT2D eigenvalue weighted by Crippen LogP contribution is -1.95. The van der Waals surface area contributed by atoms with Gasteiger partial charge in [0.05, 0.1) is 0 Å². The predicted molar refractivity (Wildman–Crippen MR) is 52.8 cm³/mol. The Morgan fingerprint density at radius 2 is 2.08 bits per heavy atom. The second kappa shape index (κ2) is 3.39. The molecule has 0 aliphatic heterocycles. The molecule has 0 aliphatic rings. The van der Waals surface area contributed by atoms with Crippen LogP contribution in [0.15, 0.2) is 18.2 Å². The Balaban J connectivity index is 3.10. The van der Waals surface area contributed by atoms with Crippen molar-refractivity contribution in [3.8, 4) is 0 Å². The fourth-order valence-corrected chi connectivity index (χ4v) is 1.08. The molecule has 2 heteroatoms. The van der Waals surface area contributed by atoms with Crippen LogP contribution in [0.3, 0.4) is 0 Å². The van der Waals surface area contributed by atoms with E-state index in [9.17, 15) is 0 Å². The average Bonchev–Trinajstić information content (AvgIpc) is 2.04. The van der Waals surface area contributed by atoms with E-state index in [1.165, 1.54) is 11.8 Å². The third kappa shape index (κ3) is 1.64. The van der Waals surface area contributed by atoms with E-state index < -0.39 is 0 Å². The van der Waals surface area contributed by atoms with Crippen molar-refractivity contribution in [3.05, 3.63) is 29.3 Å². The highest BCUT2D eigenvalue weighted by atomic mass is 14.6. The van der Waals surface area contributed by atoms with Gasteiger partial charge in [-0.25, -0.2) is 0 Å². The van der Waals surface area contributed by atoms with Crippen LogP contribution in [0, 0.1) is 5.41 Å². The van der Waals surface area contributed by atoms with Crippen molar-refractivity contribution in [2.45, 2.75) is 19.8 Å². The minimum atomic E-state index is 0.493. The molecule has 0 aliphatic carbocycles. The number of rotatable bonds is 2. The van der Waals surface area contributed by atoms with Crippen LogP contribution in [0.5, 0.6) is 0 Å². The Bertz CT molecular complexity index is 290. The van der Waals surface area contributed by atoms with Crippen molar-refractivity contribution < 1.29 is 0 Å². The lowest BCUT2D eigenvalue weighted by molar-refractivity contribution is 0.867. The lowest BCUT2D eigenvalue weighted by atomic mass is 10.0. The summed E-state index contributed by atoms with van der Waals surface area (Å²) >= 11 is 0. The van der Waals surface area contributed by atoms with Gasteiger partial charge in [-0.3, -0.25) is 0 Å². The van der Waals surface area contributed by atoms with Gasteiger partial charge >= 0.3 is 0 Å². The Kier molecular flexibility index (Phi) is 2.48. The number of nitrogen functional groups attached to an aromatic ring is 1. The predicted octanol–water partition coefficient (Wildman–Crippen LogP) is 2.39. The molecule has 1 aromatic carbocycles. The molecule has 0 unspecified atom stereocenters. The van der Waals surface area contributed by atoms with Gasteiger partial charge in [0.15, 0.2) is 0 Å². The summed E-state index contributed by atoms with van der Waals surface area (Å²) < 4.78 is 0. The number of anilines is 1. The Hall–Kier alpha value is -1.31. The van der Waals surface area contributed by atoms with Gasteiger partial charge in [0.25, 0.3) is 0 Å². The van der Waals surface area contributed by atoms with Gasteiger partial charge < -0.3 is 11.1 Å². The standard InChI is InChI=1S/C10H14N2/c1-7(2)8-3-4-9(6-11)10(12)5-8/h3-7,11H,12H2,1-2H3. The zero-order valence-electron chi connectivity index (χ0n) is 7.46. The summed E-state index contributed by atoms with van der Waals surface area (Å²) in [6.07, 6.45) is 1.28. The molecule has 0 amide bonds. The molecule has 0 heterocycles. The maximum atomic E-state index is 7.06. The van der Waals surface area contributed by atoms with Crippen LogP contribution < -0.4 is 5.73 Å². The van der Waals surface area contributed by atoms with Gasteiger partial charge in [0.2, 0.25) is 0 Å². The van der Waals surface area contributed by atoms with E-state index in [0.29, 0.717) is 11.6 Å². The zero-order chi connectivity index (χ0) is 9.14. The molecule has 0 saturated carbocycles. The molecule has 0 saturated heterocycles. The largest absolute Gasteiger partial charge is 0.398 e. The molecule has 1 rings (SSSR count). The van der Waals surface area contributed by atoms with Crippen LogP contribution in [0.4, 0.5) is 5.69 Å². The molecule has 2 nitrogen and oxygen atoms in total. The first kappa shape index (κ1) is 8.78. The summed E-state index contributed by atoms with van der Waals surface area (Å²) in [6.45, 7) is 4.25. The molecule has 0 fully saturated rings. The van der Waals surface area contributed by atoms with Gasteiger partial charge in [-0.15, -0.1) is 0 Å². The molecule has 0 spiro atoms. The molecule has 0 radical (unpaired) electrons. The van der Waals surface area contributed by atoms with Crippen molar-refractivity contribution in [1.29, 1.82) is 5.41 Å². The van der Waals surface area contributed by atoms with Gasteiger partial charge in [-0.05, 0) is 17.5 Å². The summed E-state index contributed by atoms with van der Waals surface area (Å²) in [5.41, 5.74) is 8.42. The molecule has 64 valence electrons. The number of benzene rings is 1. The topological polar surface area (TPSA) is 49.9 Å². The molecule has 1 aromatic rings. The molecular weight excluding hydrogens is 148 g/mol. The SMILES string of the molecule is CC(C)c1ccc(C=N)c(N)c1. The Morgan fingerprint density at radius 1 is 1.42 bits per heavy atom. The van der Waals surface area contributed by atoms with Crippen molar-refractivity contribution in [1.82, 2.24) is 0 Å². The van der Waals surface area contributed by atoms with Gasteiger partial charge in [-0.1, -0.05) is 26.0 Å². The van der Waals surface area contributed by atoms with Gasteiger partial charge in [0.1, 0.15) is 0 Å². The zero-order valence-corrected chi connectivity index (χ0v) is 7.46. The summed E-state index contributed by atoms with van der Waals surface area (Å²) in [5.74, 6) is 0.493. The smallest absolute Gasteiger partial charge is 0.0405 e. The number of nitrogens with two attached hydrogens (primary N) is 1. The van der Waals surface area contributed by atoms with E-state index >= 15 is 0 Å². The second-order valence-corrected chi connectivity index (χ2v) is 3.19. The second-order valence-electron chi connectivity index (χ2n) is 3.19. The number of nitrogens with one attached hydrogen (secondary N) is 1. The summed E-state index contributed by atoms with van der Waals surface area (Å²) in [5, 5.41) is 7.06. The first-order chi connectivity index (χ1) is 5.65. The first-order valence-corrected chi connectivity index (χ1v) is 4.05. The highest BCUT2D eigenvalue weighted by Gasteiger charge is 2.01. The van der Waals surface area contributed by atoms with Gasteiger partial charge in [-0.2, -0.15) is 0 Å². The molecular formula is C10H14N2. The minimum absolute atomic E-state index is 0.493. The number of hydrogen-bond acceptors (Lipinski definition) is 2. The van der Waals surface area contributed by atoms with Gasteiger partial charge in [0, 0.05) is 17.5 Å². The van der Waals surface area contributed by atoms with E-state index in [4.69, 9.17) is 11.1 Å². The van der Waals surface area contributed by atoms with Crippen LogP contribution in [0.2, 0.25) is 0 Å². The maximum Gasteiger partial charge on any atom is 0.0405 e. The highest BCUT2D eigenvalue weighted by Crippen LogP contribution is 2.19. The van der Waals surface area contributed by atoms with E-state index in [1.807, 2.05) is 18.2 Å². The normalized spacial score (nSPS) is 10.2. The van der Waals surface area contributed by atoms with E-state index in [0.717, 1.165) is 5.56 Å². The monoisotopic (exact) mass is 162 g/mol. The van der Waals surface area contributed by atoms with Crippen molar-refractivity contribution >= 4 is 11.9 Å². The maximum absolute atomic E-state index is 7.06. The molecule has 0 aromatic heterocycles. The van der Waals surface area contributed by atoms with Crippen LogP contribution in [-0.2, 0) is 0 Å². The summed E-state index contributed by atoms with van der Waals surface area (Å²) in [4.78, 5) is 0. The molecule has 3 N–H and O–H groups in total. The Morgan fingerprint density at radius 3 is 2.50 bits per heavy atom. The summed E-state index contributed by atoms with van der Waals surface area (Å²) in [7, 11) is 0. The molecule has 12 heavy (non-hydrogen) atoms. The summed E-state index contributed by atoms with van der Waals surface area (Å²) in [6, 6.07) is 5.84. The van der Waals surface area contributed by atoms with Crippen molar-refractivity contribution in [3.63, 3.8) is 0 Å². The average molecular weight is 162 g/mol. The quantitative estimate of drug-likeness (QED) is 0.509. The van der Waals surface area contributed by atoms with E-state index in [1.54, 1.807) is 0 Å². The lowest BCUT2D eigenvalue weighted by Gasteiger charge is -2.07. The third-order valence-corrected chi connectivity index (χ3v) is 1.93. The third-order valence-electron chi connectivity index (χ3n) is 1.93. The Labute approximate surface area is 72.9 Å². The first-order valence-electron chi connectivity index (χ1n) is 4.05. The van der Waals surface area contributed by atoms with Crippen LogP contribution >= 0.6 is 0 Å². The fraction of sp³-hybridized carbons (Fsp3) is 0.300. The number of hydrogen-bond donors (Lipinski definition) is 2. The molecule has 0 atom stereocenters. The highest BCUT2D eigenvalue weighted by molar-refractivity contribution is 5.84. The van der Waals surface area contributed by atoms with Crippen molar-refractivity contribution in [2.75, 3.05) is 5.73 Å². The fourth-order valence-electron chi connectivity index (χ4n) is 1.08. The van der Waals surface area contributed by atoms with E-state index in [2.05, 4.69) is 13.8 Å². The molecule has 0 bridgehead atoms. The van der Waals surface area contributed by atoms with Crippen LogP contribution in [0.25, 0.3) is 0 Å². The minimum Gasteiger partial charge on any atom is -0.398 e.